The maximum Gasteiger partial charge on any atom is 0.226 e. The lowest BCUT2D eigenvalue weighted by Gasteiger charge is -2.35. The van der Waals surface area contributed by atoms with Crippen LogP contribution in [0.2, 0.25) is 0 Å². The highest BCUT2D eigenvalue weighted by Gasteiger charge is 2.39. The van der Waals surface area contributed by atoms with Crippen molar-refractivity contribution in [1.82, 2.24) is 24.7 Å². The Morgan fingerprint density at radius 1 is 1.12 bits per heavy atom. The molecule has 0 aromatic carbocycles. The molecule has 1 aromatic rings. The van der Waals surface area contributed by atoms with Gasteiger partial charge in [0, 0.05) is 59.3 Å². The van der Waals surface area contributed by atoms with Crippen LogP contribution in [-0.4, -0.2) is 89.9 Å². The maximum absolute atomic E-state index is 12.8. The molecule has 178 valence electrons. The van der Waals surface area contributed by atoms with Gasteiger partial charge in [0.25, 0.3) is 0 Å². The third kappa shape index (κ3) is 4.44. The highest BCUT2D eigenvalue weighted by atomic mass is 16.5. The van der Waals surface area contributed by atoms with Crippen LogP contribution in [0.15, 0.2) is 30.4 Å². The number of allylic oxidation sites excluding steroid dienone is 1. The van der Waals surface area contributed by atoms with Gasteiger partial charge in [0.05, 0.1) is 36.1 Å². The summed E-state index contributed by atoms with van der Waals surface area (Å²) in [5.41, 5.74) is 3.23. The van der Waals surface area contributed by atoms with Crippen LogP contribution in [0, 0.1) is 5.92 Å². The van der Waals surface area contributed by atoms with Crippen LogP contribution in [-0.2, 0) is 27.2 Å². The van der Waals surface area contributed by atoms with Crippen molar-refractivity contribution in [1.29, 1.82) is 0 Å². The largest absolute Gasteiger partial charge is 0.472 e. The van der Waals surface area contributed by atoms with Crippen molar-refractivity contribution < 1.29 is 19.0 Å². The van der Waals surface area contributed by atoms with E-state index in [4.69, 9.17) is 14.2 Å². The molecule has 0 bridgehead atoms. The predicted octanol–water partition coefficient (Wildman–Crippen LogP) is 1.55. The molecular formula is C24H33N5O4. The Balaban J connectivity index is 1.23. The Morgan fingerprint density at radius 2 is 1.97 bits per heavy atom. The fraction of sp³-hybridized carbons (Fsp3) is 0.625. The van der Waals surface area contributed by atoms with Gasteiger partial charge in [0.1, 0.15) is 18.7 Å². The minimum Gasteiger partial charge on any atom is -0.472 e. The fourth-order valence-corrected chi connectivity index (χ4v) is 5.11. The smallest absolute Gasteiger partial charge is 0.226 e. The van der Waals surface area contributed by atoms with Gasteiger partial charge in [-0.3, -0.25) is 4.79 Å². The number of carbonyl (C=O) groups is 1. The van der Waals surface area contributed by atoms with Gasteiger partial charge in [-0.2, -0.15) is 0 Å². The zero-order valence-corrected chi connectivity index (χ0v) is 19.6. The summed E-state index contributed by atoms with van der Waals surface area (Å²) in [6.07, 6.45) is 11.4. The number of ether oxygens (including phenoxy) is 3. The minimum absolute atomic E-state index is 0.0380. The summed E-state index contributed by atoms with van der Waals surface area (Å²) in [7, 11) is 5.44. The Labute approximate surface area is 195 Å². The molecule has 5 rings (SSSR count). The molecule has 1 amide bonds. The summed E-state index contributed by atoms with van der Waals surface area (Å²) in [5.74, 6) is 0.983. The first-order valence-corrected chi connectivity index (χ1v) is 11.8. The van der Waals surface area contributed by atoms with Gasteiger partial charge >= 0.3 is 0 Å². The van der Waals surface area contributed by atoms with Gasteiger partial charge in [0.15, 0.2) is 0 Å². The van der Waals surface area contributed by atoms with Crippen LogP contribution in [0.3, 0.4) is 0 Å². The number of amides is 1. The van der Waals surface area contributed by atoms with E-state index in [1.165, 1.54) is 0 Å². The van der Waals surface area contributed by atoms with Gasteiger partial charge < -0.3 is 28.9 Å². The third-order valence-electron chi connectivity index (χ3n) is 7.25. The molecule has 4 heterocycles. The van der Waals surface area contributed by atoms with E-state index in [2.05, 4.69) is 38.1 Å². The SMILES string of the molecule is COC1CC(C(=O)N2CCC(Oc3ncnc4c3CN(C3=CN(C)[C@@H](OC)C=C3)CC4)C2)C1. The van der Waals surface area contributed by atoms with Gasteiger partial charge in [-0.1, -0.05) is 0 Å². The lowest BCUT2D eigenvalue weighted by Crippen LogP contribution is -2.44. The van der Waals surface area contributed by atoms with E-state index in [1.54, 1.807) is 20.5 Å². The van der Waals surface area contributed by atoms with Crippen LogP contribution < -0.4 is 4.74 Å². The second-order valence-electron chi connectivity index (χ2n) is 9.32. The van der Waals surface area contributed by atoms with Crippen molar-refractivity contribution in [3.05, 3.63) is 41.6 Å². The Bertz CT molecular complexity index is 945. The number of rotatable bonds is 6. The van der Waals surface area contributed by atoms with E-state index in [9.17, 15) is 4.79 Å². The van der Waals surface area contributed by atoms with Crippen LogP contribution in [0.5, 0.6) is 5.88 Å². The molecule has 1 aromatic heterocycles. The summed E-state index contributed by atoms with van der Waals surface area (Å²) in [6.45, 7) is 2.94. The molecular weight excluding hydrogens is 422 g/mol. The Kier molecular flexibility index (Phi) is 6.25. The Hall–Kier alpha value is -2.65. The number of likely N-dealkylation sites (tertiary alicyclic amines) is 1. The van der Waals surface area contributed by atoms with Crippen molar-refractivity contribution in [2.45, 2.75) is 50.7 Å². The summed E-state index contributed by atoms with van der Waals surface area (Å²) >= 11 is 0. The molecule has 1 aliphatic carbocycles. The molecule has 1 saturated carbocycles. The van der Waals surface area contributed by atoms with Crippen molar-refractivity contribution in [2.75, 3.05) is 40.9 Å². The van der Waals surface area contributed by atoms with E-state index in [0.29, 0.717) is 19.0 Å². The van der Waals surface area contributed by atoms with Crippen molar-refractivity contribution >= 4 is 5.91 Å². The van der Waals surface area contributed by atoms with Gasteiger partial charge in [-0.05, 0) is 25.0 Å². The normalized spacial score (nSPS) is 28.9. The summed E-state index contributed by atoms with van der Waals surface area (Å²) in [4.78, 5) is 28.1. The standard InChI is InChI=1S/C24H33N5O4/c1-27-12-17(4-5-22(27)32-3)28-9-7-21-20(14-28)23(26-15-25-21)33-18-6-8-29(13-18)24(30)16-10-19(11-16)31-2/h4-5,12,15-16,18-19,22H,6-11,13-14H2,1-3H3/t16?,18?,19?,22-/m0/s1. The average molecular weight is 456 g/mol. The molecule has 33 heavy (non-hydrogen) atoms. The molecule has 1 saturated heterocycles. The Morgan fingerprint density at radius 3 is 2.73 bits per heavy atom. The molecule has 4 aliphatic rings. The van der Waals surface area contributed by atoms with Crippen molar-refractivity contribution in [3.63, 3.8) is 0 Å². The number of fused-ring (bicyclic) bond motifs is 1. The molecule has 9 heteroatoms. The van der Waals surface area contributed by atoms with Crippen molar-refractivity contribution in [3.8, 4) is 5.88 Å². The summed E-state index contributed by atoms with van der Waals surface area (Å²) < 4.78 is 17.1. The zero-order chi connectivity index (χ0) is 22.9. The number of aromatic nitrogens is 2. The number of likely N-dealkylation sites (N-methyl/N-ethyl adjacent to an activating group) is 1. The molecule has 0 spiro atoms. The molecule has 0 N–H and O–H groups in total. The zero-order valence-electron chi connectivity index (χ0n) is 19.6. The third-order valence-corrected chi connectivity index (χ3v) is 7.25. The topological polar surface area (TPSA) is 80.3 Å². The lowest BCUT2D eigenvalue weighted by molar-refractivity contribution is -0.142. The first-order chi connectivity index (χ1) is 16.1. The number of hydrogen-bond acceptors (Lipinski definition) is 8. The summed E-state index contributed by atoms with van der Waals surface area (Å²) in [6, 6.07) is 0. The second-order valence-corrected chi connectivity index (χ2v) is 9.32. The molecule has 0 radical (unpaired) electrons. The van der Waals surface area contributed by atoms with E-state index < -0.39 is 0 Å². The first-order valence-electron chi connectivity index (χ1n) is 11.8. The van der Waals surface area contributed by atoms with E-state index in [-0.39, 0.29) is 30.3 Å². The quantitative estimate of drug-likeness (QED) is 0.639. The van der Waals surface area contributed by atoms with Gasteiger partial charge in [-0.25, -0.2) is 9.97 Å². The monoisotopic (exact) mass is 455 g/mol. The highest BCUT2D eigenvalue weighted by molar-refractivity contribution is 5.80. The van der Waals surface area contributed by atoms with Crippen molar-refractivity contribution in [2.24, 2.45) is 5.92 Å². The summed E-state index contributed by atoms with van der Waals surface area (Å²) in [5, 5.41) is 0. The van der Waals surface area contributed by atoms with E-state index >= 15 is 0 Å². The number of methoxy groups -OCH3 is 2. The van der Waals surface area contributed by atoms with Gasteiger partial charge in [-0.15, -0.1) is 0 Å². The number of nitrogens with zero attached hydrogens (tertiary/aromatic N) is 5. The highest BCUT2D eigenvalue weighted by Crippen LogP contribution is 2.33. The van der Waals surface area contributed by atoms with Crippen LogP contribution in [0.4, 0.5) is 0 Å². The second kappa shape index (κ2) is 9.30. The van der Waals surface area contributed by atoms with Crippen LogP contribution >= 0.6 is 0 Å². The molecule has 2 fully saturated rings. The lowest BCUT2D eigenvalue weighted by atomic mass is 9.81. The molecule has 2 atom stereocenters. The average Bonchev–Trinajstić information content (AvgIpc) is 3.27. The van der Waals surface area contributed by atoms with Crippen LogP contribution in [0.1, 0.15) is 30.5 Å². The molecule has 1 unspecified atom stereocenters. The predicted molar refractivity (Wildman–Crippen MR) is 121 cm³/mol. The number of hydrogen-bond donors (Lipinski definition) is 0. The van der Waals surface area contributed by atoms with Gasteiger partial charge in [0.2, 0.25) is 11.8 Å². The minimum atomic E-state index is -0.0404. The molecule has 3 aliphatic heterocycles. The fourth-order valence-electron chi connectivity index (χ4n) is 5.11. The molecule has 9 nitrogen and oxygen atoms in total. The van der Waals surface area contributed by atoms with Crippen LogP contribution in [0.25, 0.3) is 0 Å². The van der Waals surface area contributed by atoms with E-state index in [0.717, 1.165) is 55.7 Å². The maximum atomic E-state index is 12.8. The van der Waals surface area contributed by atoms with E-state index in [1.807, 2.05) is 11.9 Å². The first kappa shape index (κ1) is 22.2. The number of carbonyl (C=O) groups excluding carboxylic acids is 1.